The molecule has 0 saturated carbocycles. The van der Waals surface area contributed by atoms with Crippen LogP contribution in [-0.2, 0) is 0 Å². The molecule has 1 aromatic carbocycles. The van der Waals surface area contributed by atoms with E-state index in [1.54, 1.807) is 31.9 Å². The van der Waals surface area contributed by atoms with Gasteiger partial charge < -0.3 is 24.6 Å². The second kappa shape index (κ2) is 8.38. The van der Waals surface area contributed by atoms with Crippen LogP contribution in [-0.4, -0.2) is 60.4 Å². The Bertz CT molecular complexity index is 1030. The zero-order valence-corrected chi connectivity index (χ0v) is 18.3. The largest absolute Gasteiger partial charge is 0.493 e. The Kier molecular flexibility index (Phi) is 5.68. The van der Waals surface area contributed by atoms with Crippen molar-refractivity contribution in [3.63, 3.8) is 0 Å². The third kappa shape index (κ3) is 4.06. The minimum atomic E-state index is 0.662. The van der Waals surface area contributed by atoms with E-state index >= 15 is 0 Å². The Morgan fingerprint density at radius 3 is 2.45 bits per heavy atom. The molecule has 0 aliphatic carbocycles. The van der Waals surface area contributed by atoms with Crippen LogP contribution in [0.5, 0.6) is 11.5 Å². The highest BCUT2D eigenvalue weighted by Crippen LogP contribution is 2.35. The second-order valence-electron chi connectivity index (χ2n) is 6.81. The lowest BCUT2D eigenvalue weighted by atomic mass is 10.2. The highest BCUT2D eigenvalue weighted by Gasteiger charge is 2.22. The van der Waals surface area contributed by atoms with Gasteiger partial charge in [-0.15, -0.1) is 11.3 Å². The number of methoxy groups -OCH3 is 2. The van der Waals surface area contributed by atoms with E-state index in [0.29, 0.717) is 11.5 Å². The van der Waals surface area contributed by atoms with Crippen LogP contribution in [0.15, 0.2) is 29.9 Å². The lowest BCUT2D eigenvalue weighted by Gasteiger charge is -2.37. The number of fused-ring (bicyclic) bond motifs is 1. The molecule has 0 spiro atoms. The van der Waals surface area contributed by atoms with Gasteiger partial charge in [-0.25, -0.2) is 9.97 Å². The van der Waals surface area contributed by atoms with Gasteiger partial charge in [0.05, 0.1) is 24.7 Å². The monoisotopic (exact) mass is 429 g/mol. The summed E-state index contributed by atoms with van der Waals surface area (Å²) >= 11 is 7.28. The summed E-state index contributed by atoms with van der Waals surface area (Å²) < 4.78 is 10.9. The summed E-state index contributed by atoms with van der Waals surface area (Å²) in [4.78, 5) is 13.4. The van der Waals surface area contributed by atoms with Crippen LogP contribution in [0.3, 0.4) is 0 Å². The standard InChI is InChI=1S/C20H23N5O2S2/c1-13-8-18(29-11-13)23-20(28)25-6-4-24(5-7-25)19-14-9-16(26-2)17(27-3)10-15(14)21-12-22-19/h8-12H,4-7H2,1-3H3,(H,23,28). The van der Waals surface area contributed by atoms with Crippen LogP contribution in [0, 0.1) is 6.92 Å². The average Bonchev–Trinajstić information content (AvgIpc) is 3.16. The predicted octanol–water partition coefficient (Wildman–Crippen LogP) is 3.54. The van der Waals surface area contributed by atoms with Crippen molar-refractivity contribution in [2.75, 3.05) is 50.6 Å². The summed E-state index contributed by atoms with van der Waals surface area (Å²) in [5, 5.41) is 8.27. The van der Waals surface area contributed by atoms with Gasteiger partial charge in [0.2, 0.25) is 0 Å². The number of piperazine rings is 1. The molecule has 0 bridgehead atoms. The number of aromatic nitrogens is 2. The van der Waals surface area contributed by atoms with Gasteiger partial charge in [0.25, 0.3) is 0 Å². The average molecular weight is 430 g/mol. The van der Waals surface area contributed by atoms with Crippen LogP contribution >= 0.6 is 23.6 Å². The molecule has 0 amide bonds. The molecule has 1 N–H and O–H groups in total. The fourth-order valence-corrected chi connectivity index (χ4v) is 4.57. The van der Waals surface area contributed by atoms with Gasteiger partial charge in [0.15, 0.2) is 16.6 Å². The molecule has 3 aromatic rings. The number of nitrogens with one attached hydrogen (secondary N) is 1. The topological polar surface area (TPSA) is 62.8 Å². The molecule has 7 nitrogen and oxygen atoms in total. The zero-order chi connectivity index (χ0) is 20.4. The summed E-state index contributed by atoms with van der Waals surface area (Å²) in [6.07, 6.45) is 1.60. The molecular formula is C20H23N5O2S2. The Balaban J connectivity index is 1.49. The first-order chi connectivity index (χ1) is 14.1. The highest BCUT2D eigenvalue weighted by molar-refractivity contribution is 7.80. The molecule has 9 heteroatoms. The number of hydrogen-bond acceptors (Lipinski definition) is 7. The molecule has 2 aromatic heterocycles. The number of anilines is 2. The van der Waals surface area contributed by atoms with E-state index in [4.69, 9.17) is 21.7 Å². The van der Waals surface area contributed by atoms with Crippen LogP contribution in [0.1, 0.15) is 5.56 Å². The summed E-state index contributed by atoms with van der Waals surface area (Å²) in [6, 6.07) is 5.95. The minimum absolute atomic E-state index is 0.662. The van der Waals surface area contributed by atoms with Gasteiger partial charge in [-0.05, 0) is 42.2 Å². The first-order valence-corrected chi connectivity index (χ1v) is 10.6. The normalized spacial score (nSPS) is 14.2. The number of benzene rings is 1. The molecule has 1 fully saturated rings. The fourth-order valence-electron chi connectivity index (χ4n) is 3.42. The second-order valence-corrected chi connectivity index (χ2v) is 8.11. The number of hydrogen-bond donors (Lipinski definition) is 1. The maximum atomic E-state index is 5.60. The lowest BCUT2D eigenvalue weighted by molar-refractivity contribution is 0.355. The van der Waals surface area contributed by atoms with Crippen LogP contribution in [0.25, 0.3) is 10.9 Å². The molecule has 4 rings (SSSR count). The molecule has 0 atom stereocenters. The smallest absolute Gasteiger partial charge is 0.174 e. The summed E-state index contributed by atoms with van der Waals surface area (Å²) in [6.45, 7) is 5.39. The highest BCUT2D eigenvalue weighted by atomic mass is 32.1. The van der Waals surface area contributed by atoms with E-state index in [1.807, 2.05) is 12.1 Å². The molecule has 0 radical (unpaired) electrons. The quantitative estimate of drug-likeness (QED) is 0.632. The molecule has 152 valence electrons. The maximum Gasteiger partial charge on any atom is 0.174 e. The van der Waals surface area contributed by atoms with Crippen molar-refractivity contribution in [1.82, 2.24) is 14.9 Å². The third-order valence-corrected chi connectivity index (χ3v) is 6.27. The minimum Gasteiger partial charge on any atom is -0.493 e. The Morgan fingerprint density at radius 1 is 1.07 bits per heavy atom. The van der Waals surface area contributed by atoms with Crippen LogP contribution in [0.2, 0.25) is 0 Å². The van der Waals surface area contributed by atoms with E-state index in [9.17, 15) is 0 Å². The molecule has 1 aliphatic rings. The van der Waals surface area contributed by atoms with E-state index in [2.05, 4.69) is 43.5 Å². The van der Waals surface area contributed by atoms with Crippen molar-refractivity contribution in [1.29, 1.82) is 0 Å². The number of thiocarbonyl (C=S) groups is 1. The Morgan fingerprint density at radius 2 is 1.79 bits per heavy atom. The van der Waals surface area contributed by atoms with E-state index < -0.39 is 0 Å². The summed E-state index contributed by atoms with van der Waals surface area (Å²) in [5.74, 6) is 2.24. The van der Waals surface area contributed by atoms with Crippen molar-refractivity contribution < 1.29 is 9.47 Å². The SMILES string of the molecule is COc1cc2ncnc(N3CCN(C(=S)Nc4cc(C)cs4)CC3)c2cc1OC. The van der Waals surface area contributed by atoms with Gasteiger partial charge >= 0.3 is 0 Å². The Labute approximate surface area is 179 Å². The number of rotatable bonds is 4. The van der Waals surface area contributed by atoms with E-state index in [-0.39, 0.29) is 0 Å². The predicted molar refractivity (Wildman–Crippen MR) is 122 cm³/mol. The van der Waals surface area contributed by atoms with Crippen LogP contribution < -0.4 is 19.7 Å². The third-order valence-electron chi connectivity index (χ3n) is 4.95. The van der Waals surface area contributed by atoms with E-state index in [0.717, 1.165) is 53.0 Å². The van der Waals surface area contributed by atoms with Crippen molar-refractivity contribution in [2.24, 2.45) is 0 Å². The fraction of sp³-hybridized carbons (Fsp3) is 0.350. The lowest BCUT2D eigenvalue weighted by Crippen LogP contribution is -2.50. The molecule has 3 heterocycles. The molecule has 29 heavy (non-hydrogen) atoms. The zero-order valence-electron chi connectivity index (χ0n) is 16.6. The maximum absolute atomic E-state index is 5.60. The van der Waals surface area contributed by atoms with Gasteiger partial charge in [0, 0.05) is 37.6 Å². The van der Waals surface area contributed by atoms with Crippen LogP contribution in [0.4, 0.5) is 10.8 Å². The number of ether oxygens (including phenoxy) is 2. The van der Waals surface area contributed by atoms with Crippen molar-refractivity contribution in [2.45, 2.75) is 6.92 Å². The van der Waals surface area contributed by atoms with E-state index in [1.165, 1.54) is 5.56 Å². The summed E-state index contributed by atoms with van der Waals surface area (Å²) in [5.41, 5.74) is 2.08. The first kappa shape index (κ1) is 19.7. The van der Waals surface area contributed by atoms with Gasteiger partial charge in [-0.2, -0.15) is 0 Å². The molecule has 1 aliphatic heterocycles. The van der Waals surface area contributed by atoms with Crippen molar-refractivity contribution in [3.05, 3.63) is 35.5 Å². The van der Waals surface area contributed by atoms with Crippen molar-refractivity contribution in [3.8, 4) is 11.5 Å². The van der Waals surface area contributed by atoms with Gasteiger partial charge in [-0.3, -0.25) is 0 Å². The summed E-state index contributed by atoms with van der Waals surface area (Å²) in [7, 11) is 3.26. The first-order valence-electron chi connectivity index (χ1n) is 9.32. The number of aryl methyl sites for hydroxylation is 1. The molecule has 1 saturated heterocycles. The van der Waals surface area contributed by atoms with Gasteiger partial charge in [-0.1, -0.05) is 0 Å². The van der Waals surface area contributed by atoms with Crippen molar-refractivity contribution >= 4 is 50.4 Å². The number of nitrogens with zero attached hydrogens (tertiary/aromatic N) is 4. The van der Waals surface area contributed by atoms with Gasteiger partial charge in [0.1, 0.15) is 12.1 Å². The molecule has 0 unspecified atom stereocenters. The molecular weight excluding hydrogens is 406 g/mol. The number of thiophene rings is 1. The Hall–Kier alpha value is -2.65.